The summed E-state index contributed by atoms with van der Waals surface area (Å²) in [6.45, 7) is 1.29. The average Bonchev–Trinajstić information content (AvgIpc) is 2.41. The van der Waals surface area contributed by atoms with E-state index in [9.17, 15) is 4.39 Å². The van der Waals surface area contributed by atoms with Crippen LogP contribution in [0, 0.1) is 11.3 Å². The minimum Gasteiger partial charge on any atom is -0.381 e. The second kappa shape index (κ2) is 5.94. The van der Waals surface area contributed by atoms with Crippen molar-refractivity contribution in [3.05, 3.63) is 35.9 Å². The fraction of sp³-hybridized carbons (Fsp3) is 0.500. The van der Waals surface area contributed by atoms with Gasteiger partial charge in [0.1, 0.15) is 11.7 Å². The summed E-state index contributed by atoms with van der Waals surface area (Å²) in [4.78, 5) is 0. The van der Waals surface area contributed by atoms with E-state index < -0.39 is 11.7 Å². The first-order valence-corrected chi connectivity index (χ1v) is 6.18. The van der Waals surface area contributed by atoms with Crippen molar-refractivity contribution in [2.24, 2.45) is 0 Å². The van der Waals surface area contributed by atoms with Crippen molar-refractivity contribution in [1.29, 1.82) is 5.26 Å². The van der Waals surface area contributed by atoms with Crippen molar-refractivity contribution in [2.75, 3.05) is 13.2 Å². The molecule has 96 valence electrons. The fourth-order valence-corrected chi connectivity index (χ4v) is 2.16. The summed E-state index contributed by atoms with van der Waals surface area (Å²) in [7, 11) is 0. The monoisotopic (exact) mass is 248 g/mol. The standard InChI is InChI=1S/C14H17FN2O/c15-14(6-8-18-9-7-14)13(10-16)17-11-12-4-2-1-3-5-12/h1-5,13,17H,6-9,11H2/t13-/m0/s1. The number of nitriles is 1. The van der Waals surface area contributed by atoms with E-state index in [1.54, 1.807) is 0 Å². The van der Waals surface area contributed by atoms with Crippen LogP contribution in [-0.4, -0.2) is 24.9 Å². The number of halogens is 1. The van der Waals surface area contributed by atoms with Crippen molar-refractivity contribution in [3.63, 3.8) is 0 Å². The SMILES string of the molecule is N#C[C@H](NCc1ccccc1)C1(F)CCOCC1. The van der Waals surface area contributed by atoms with Gasteiger partial charge in [0.05, 0.1) is 6.07 Å². The number of nitrogens with zero attached hydrogens (tertiary/aromatic N) is 1. The Balaban J connectivity index is 1.95. The average molecular weight is 248 g/mol. The molecule has 18 heavy (non-hydrogen) atoms. The van der Waals surface area contributed by atoms with E-state index in [0.717, 1.165) is 5.56 Å². The third kappa shape index (κ3) is 3.06. The van der Waals surface area contributed by atoms with Gasteiger partial charge in [-0.3, -0.25) is 5.32 Å². The van der Waals surface area contributed by atoms with Crippen LogP contribution in [0.2, 0.25) is 0 Å². The molecule has 1 N–H and O–H groups in total. The molecule has 1 aliphatic rings. The van der Waals surface area contributed by atoms with Gasteiger partial charge in [0.25, 0.3) is 0 Å². The lowest BCUT2D eigenvalue weighted by Crippen LogP contribution is -2.49. The molecule has 1 atom stereocenters. The van der Waals surface area contributed by atoms with E-state index in [2.05, 4.69) is 5.32 Å². The Hall–Kier alpha value is -1.44. The molecule has 1 heterocycles. The summed E-state index contributed by atoms with van der Waals surface area (Å²) in [5.74, 6) is 0. The highest BCUT2D eigenvalue weighted by Gasteiger charge is 2.40. The molecular weight excluding hydrogens is 231 g/mol. The van der Waals surface area contributed by atoms with Crippen LogP contribution >= 0.6 is 0 Å². The molecule has 1 aromatic carbocycles. The zero-order chi connectivity index (χ0) is 12.8. The topological polar surface area (TPSA) is 45.0 Å². The minimum atomic E-state index is -1.47. The highest BCUT2D eigenvalue weighted by Crippen LogP contribution is 2.29. The number of rotatable bonds is 4. The Bertz CT molecular complexity index is 410. The number of ether oxygens (including phenoxy) is 1. The maximum atomic E-state index is 14.6. The molecule has 0 amide bonds. The van der Waals surface area contributed by atoms with Gasteiger partial charge in [0.2, 0.25) is 0 Å². The third-order valence-corrected chi connectivity index (χ3v) is 3.32. The van der Waals surface area contributed by atoms with Gasteiger partial charge in [-0.25, -0.2) is 4.39 Å². The Morgan fingerprint density at radius 1 is 1.33 bits per heavy atom. The summed E-state index contributed by atoms with van der Waals surface area (Å²) in [6.07, 6.45) is 0.569. The highest BCUT2D eigenvalue weighted by molar-refractivity contribution is 5.15. The van der Waals surface area contributed by atoms with Gasteiger partial charge in [0, 0.05) is 32.6 Å². The van der Waals surface area contributed by atoms with Crippen LogP contribution in [0.1, 0.15) is 18.4 Å². The second-order valence-corrected chi connectivity index (χ2v) is 4.58. The Morgan fingerprint density at radius 3 is 2.61 bits per heavy atom. The van der Waals surface area contributed by atoms with Crippen molar-refractivity contribution in [2.45, 2.75) is 31.1 Å². The van der Waals surface area contributed by atoms with Crippen LogP contribution in [0.4, 0.5) is 4.39 Å². The molecular formula is C14H17FN2O. The van der Waals surface area contributed by atoms with Crippen LogP contribution in [0.5, 0.6) is 0 Å². The zero-order valence-electron chi connectivity index (χ0n) is 10.2. The van der Waals surface area contributed by atoms with Crippen LogP contribution in [0.3, 0.4) is 0 Å². The summed E-state index contributed by atoms with van der Waals surface area (Å²) < 4.78 is 19.7. The van der Waals surface area contributed by atoms with E-state index in [-0.39, 0.29) is 12.8 Å². The van der Waals surface area contributed by atoms with Crippen LogP contribution in [0.25, 0.3) is 0 Å². The largest absolute Gasteiger partial charge is 0.381 e. The highest BCUT2D eigenvalue weighted by atomic mass is 19.1. The molecule has 0 saturated carbocycles. The summed E-state index contributed by atoms with van der Waals surface area (Å²) >= 11 is 0. The van der Waals surface area contributed by atoms with Gasteiger partial charge in [-0.05, 0) is 5.56 Å². The molecule has 1 saturated heterocycles. The molecule has 3 nitrogen and oxygen atoms in total. The first-order chi connectivity index (χ1) is 8.74. The summed E-state index contributed by atoms with van der Waals surface area (Å²) in [5, 5.41) is 12.1. The summed E-state index contributed by atoms with van der Waals surface area (Å²) in [6, 6.07) is 11.0. The number of hydrogen-bond donors (Lipinski definition) is 1. The summed E-state index contributed by atoms with van der Waals surface area (Å²) in [5.41, 5.74) is -0.421. The Morgan fingerprint density at radius 2 is 2.00 bits per heavy atom. The molecule has 0 spiro atoms. The van der Waals surface area contributed by atoms with Crippen molar-refractivity contribution in [3.8, 4) is 6.07 Å². The maximum Gasteiger partial charge on any atom is 0.143 e. The molecule has 1 aromatic rings. The Labute approximate surface area is 107 Å². The zero-order valence-corrected chi connectivity index (χ0v) is 10.2. The van der Waals surface area contributed by atoms with E-state index in [1.807, 2.05) is 36.4 Å². The second-order valence-electron chi connectivity index (χ2n) is 4.58. The smallest absolute Gasteiger partial charge is 0.143 e. The number of alkyl halides is 1. The van der Waals surface area contributed by atoms with Gasteiger partial charge in [-0.15, -0.1) is 0 Å². The molecule has 1 fully saturated rings. The number of hydrogen-bond acceptors (Lipinski definition) is 3. The lowest BCUT2D eigenvalue weighted by atomic mass is 9.89. The predicted molar refractivity (Wildman–Crippen MR) is 66.6 cm³/mol. The first-order valence-electron chi connectivity index (χ1n) is 6.18. The van der Waals surface area contributed by atoms with Gasteiger partial charge < -0.3 is 4.74 Å². The fourth-order valence-electron chi connectivity index (χ4n) is 2.16. The van der Waals surface area contributed by atoms with E-state index >= 15 is 0 Å². The maximum absolute atomic E-state index is 14.6. The van der Waals surface area contributed by atoms with Crippen molar-refractivity contribution in [1.82, 2.24) is 5.32 Å². The lowest BCUT2D eigenvalue weighted by Gasteiger charge is -2.33. The molecule has 0 unspecified atom stereocenters. The van der Waals surface area contributed by atoms with Gasteiger partial charge in [0.15, 0.2) is 0 Å². The Kier molecular flexibility index (Phi) is 4.29. The number of benzene rings is 1. The molecule has 1 aliphatic heterocycles. The van der Waals surface area contributed by atoms with Gasteiger partial charge in [-0.1, -0.05) is 30.3 Å². The lowest BCUT2D eigenvalue weighted by molar-refractivity contribution is -0.0200. The van der Waals surface area contributed by atoms with Crippen LogP contribution in [0.15, 0.2) is 30.3 Å². The van der Waals surface area contributed by atoms with E-state index in [1.165, 1.54) is 0 Å². The normalized spacial score (nSPS) is 20.0. The number of nitrogens with one attached hydrogen (secondary N) is 1. The molecule has 2 rings (SSSR count). The van der Waals surface area contributed by atoms with E-state index in [0.29, 0.717) is 19.8 Å². The molecule has 4 heteroatoms. The molecule has 0 aromatic heterocycles. The van der Waals surface area contributed by atoms with Gasteiger partial charge >= 0.3 is 0 Å². The predicted octanol–water partition coefficient (Wildman–Crippen LogP) is 2.19. The minimum absolute atomic E-state index is 0.285. The molecule has 0 aliphatic carbocycles. The first kappa shape index (κ1) is 13.0. The van der Waals surface area contributed by atoms with Gasteiger partial charge in [-0.2, -0.15) is 5.26 Å². The quantitative estimate of drug-likeness (QED) is 0.888. The third-order valence-electron chi connectivity index (χ3n) is 3.32. The van der Waals surface area contributed by atoms with Crippen molar-refractivity contribution < 1.29 is 9.13 Å². The van der Waals surface area contributed by atoms with Crippen LogP contribution < -0.4 is 5.32 Å². The van der Waals surface area contributed by atoms with E-state index in [4.69, 9.17) is 10.00 Å². The van der Waals surface area contributed by atoms with Crippen LogP contribution in [-0.2, 0) is 11.3 Å². The molecule has 0 radical (unpaired) electrons. The molecule has 0 bridgehead atoms. The van der Waals surface area contributed by atoms with Crippen molar-refractivity contribution >= 4 is 0 Å².